The van der Waals surface area contributed by atoms with Crippen LogP contribution in [-0.4, -0.2) is 18.2 Å². The Morgan fingerprint density at radius 1 is 1.13 bits per heavy atom. The summed E-state index contributed by atoms with van der Waals surface area (Å²) in [4.78, 5) is 12.0. The summed E-state index contributed by atoms with van der Waals surface area (Å²) in [5.74, 6) is 0.495. The standard InChI is InChI=1S/C19H20N2O2/c1-3-23-18-13-11-17(12-14-18)19(22)21-20-15(2)9-10-16-7-5-4-6-8-16/h4-14H,3H2,1-2H3,(H,21,22). The molecule has 1 amide bonds. The van der Waals surface area contributed by atoms with Gasteiger partial charge in [-0.2, -0.15) is 5.10 Å². The maximum Gasteiger partial charge on any atom is 0.271 e. The van der Waals surface area contributed by atoms with Crippen molar-refractivity contribution in [2.24, 2.45) is 5.10 Å². The molecule has 4 heteroatoms. The number of benzene rings is 2. The summed E-state index contributed by atoms with van der Waals surface area (Å²) in [5.41, 5.74) is 4.88. The molecule has 0 bridgehead atoms. The van der Waals surface area contributed by atoms with Crippen LogP contribution in [0.1, 0.15) is 29.8 Å². The summed E-state index contributed by atoms with van der Waals surface area (Å²) in [7, 11) is 0. The molecule has 0 aliphatic heterocycles. The molecule has 2 rings (SSSR count). The number of nitrogens with zero attached hydrogens (tertiary/aromatic N) is 1. The van der Waals surface area contributed by atoms with E-state index in [1.165, 1.54) is 0 Å². The third kappa shape index (κ3) is 5.43. The highest BCUT2D eigenvalue weighted by molar-refractivity contribution is 5.99. The van der Waals surface area contributed by atoms with Crippen molar-refractivity contribution in [3.63, 3.8) is 0 Å². The van der Waals surface area contributed by atoms with Gasteiger partial charge >= 0.3 is 0 Å². The van der Waals surface area contributed by atoms with Gasteiger partial charge in [0.05, 0.1) is 12.3 Å². The molecule has 23 heavy (non-hydrogen) atoms. The largest absolute Gasteiger partial charge is 0.494 e. The highest BCUT2D eigenvalue weighted by Crippen LogP contribution is 2.11. The van der Waals surface area contributed by atoms with Crippen LogP contribution in [0, 0.1) is 0 Å². The van der Waals surface area contributed by atoms with Crippen molar-refractivity contribution in [3.8, 4) is 5.75 Å². The van der Waals surface area contributed by atoms with Crippen LogP contribution < -0.4 is 10.2 Å². The van der Waals surface area contributed by atoms with Gasteiger partial charge in [-0.25, -0.2) is 5.43 Å². The van der Waals surface area contributed by atoms with Gasteiger partial charge < -0.3 is 4.74 Å². The lowest BCUT2D eigenvalue weighted by atomic mass is 10.2. The first kappa shape index (κ1) is 16.5. The maximum absolute atomic E-state index is 12.0. The first-order chi connectivity index (χ1) is 11.2. The Bertz CT molecular complexity index is 689. The monoisotopic (exact) mass is 308 g/mol. The van der Waals surface area contributed by atoms with E-state index in [-0.39, 0.29) is 5.91 Å². The van der Waals surface area contributed by atoms with E-state index in [1.54, 1.807) is 24.3 Å². The Balaban J connectivity index is 1.93. The number of carbonyl (C=O) groups is 1. The smallest absolute Gasteiger partial charge is 0.271 e. The van der Waals surface area contributed by atoms with Crippen LogP contribution in [-0.2, 0) is 0 Å². The number of allylic oxidation sites excluding steroid dienone is 1. The number of hydrazone groups is 1. The third-order valence-corrected chi connectivity index (χ3v) is 3.08. The van der Waals surface area contributed by atoms with Gasteiger partial charge in [-0.05, 0) is 49.8 Å². The van der Waals surface area contributed by atoms with Gasteiger partial charge in [0.1, 0.15) is 5.75 Å². The van der Waals surface area contributed by atoms with Crippen LogP contribution in [0.25, 0.3) is 6.08 Å². The van der Waals surface area contributed by atoms with Gasteiger partial charge in [0.15, 0.2) is 0 Å². The SMILES string of the molecule is CCOc1ccc(C(=O)NN=C(C)C=Cc2ccccc2)cc1. The molecule has 2 aromatic rings. The van der Waals surface area contributed by atoms with Gasteiger partial charge in [-0.3, -0.25) is 4.79 Å². The molecule has 4 nitrogen and oxygen atoms in total. The fourth-order valence-corrected chi connectivity index (χ4v) is 1.89. The first-order valence-electron chi connectivity index (χ1n) is 7.49. The Morgan fingerprint density at radius 2 is 1.83 bits per heavy atom. The zero-order valence-electron chi connectivity index (χ0n) is 13.3. The number of rotatable bonds is 6. The van der Waals surface area contributed by atoms with E-state index in [9.17, 15) is 4.79 Å². The highest BCUT2D eigenvalue weighted by atomic mass is 16.5. The van der Waals surface area contributed by atoms with Gasteiger partial charge in [-0.15, -0.1) is 0 Å². The van der Waals surface area contributed by atoms with E-state index in [0.717, 1.165) is 11.3 Å². The summed E-state index contributed by atoms with van der Waals surface area (Å²) in [6.45, 7) is 4.35. The number of carbonyl (C=O) groups excluding carboxylic acids is 1. The summed E-state index contributed by atoms with van der Waals surface area (Å²) < 4.78 is 5.34. The van der Waals surface area contributed by atoms with Crippen molar-refractivity contribution < 1.29 is 9.53 Å². The Kier molecular flexibility index (Phi) is 6.12. The summed E-state index contributed by atoms with van der Waals surface area (Å²) >= 11 is 0. The second-order valence-electron chi connectivity index (χ2n) is 4.90. The van der Waals surface area contributed by atoms with E-state index < -0.39 is 0 Å². The molecule has 0 fully saturated rings. The minimum Gasteiger partial charge on any atom is -0.494 e. The number of hydrogen-bond acceptors (Lipinski definition) is 3. The zero-order chi connectivity index (χ0) is 16.5. The average molecular weight is 308 g/mol. The second-order valence-corrected chi connectivity index (χ2v) is 4.90. The van der Waals surface area contributed by atoms with Crippen molar-refractivity contribution >= 4 is 17.7 Å². The van der Waals surface area contributed by atoms with Gasteiger partial charge in [0, 0.05) is 5.56 Å². The van der Waals surface area contributed by atoms with Crippen LogP contribution in [0.2, 0.25) is 0 Å². The van der Waals surface area contributed by atoms with Crippen molar-refractivity contribution in [2.45, 2.75) is 13.8 Å². The summed E-state index contributed by atoms with van der Waals surface area (Å²) in [6.07, 6.45) is 3.80. The number of hydrogen-bond donors (Lipinski definition) is 1. The molecule has 0 aliphatic rings. The third-order valence-electron chi connectivity index (χ3n) is 3.08. The Hall–Kier alpha value is -2.88. The molecule has 0 aliphatic carbocycles. The number of ether oxygens (including phenoxy) is 1. The van der Waals surface area contributed by atoms with Crippen molar-refractivity contribution in [2.75, 3.05) is 6.61 Å². The fourth-order valence-electron chi connectivity index (χ4n) is 1.89. The first-order valence-corrected chi connectivity index (χ1v) is 7.49. The molecule has 0 spiro atoms. The Labute approximate surface area is 136 Å². The minimum atomic E-state index is -0.250. The molecule has 1 N–H and O–H groups in total. The molecule has 0 aromatic heterocycles. The lowest BCUT2D eigenvalue weighted by molar-refractivity contribution is 0.0955. The molecule has 0 radical (unpaired) electrons. The molecular formula is C19H20N2O2. The van der Waals surface area contributed by atoms with Crippen LogP contribution in [0.15, 0.2) is 65.8 Å². The lowest BCUT2D eigenvalue weighted by Gasteiger charge is -2.04. The Morgan fingerprint density at radius 3 is 2.48 bits per heavy atom. The molecule has 0 heterocycles. The number of amides is 1. The maximum atomic E-state index is 12.0. The van der Waals surface area contributed by atoms with Crippen LogP contribution >= 0.6 is 0 Å². The van der Waals surface area contributed by atoms with E-state index in [2.05, 4.69) is 10.5 Å². The summed E-state index contributed by atoms with van der Waals surface area (Å²) in [6, 6.07) is 16.9. The molecule has 0 atom stereocenters. The topological polar surface area (TPSA) is 50.7 Å². The average Bonchev–Trinajstić information content (AvgIpc) is 2.59. The zero-order valence-corrected chi connectivity index (χ0v) is 13.3. The van der Waals surface area contributed by atoms with Gasteiger partial charge in [0.2, 0.25) is 0 Å². The fraction of sp³-hybridized carbons (Fsp3) is 0.158. The van der Waals surface area contributed by atoms with E-state index >= 15 is 0 Å². The molecule has 2 aromatic carbocycles. The van der Waals surface area contributed by atoms with Crippen LogP contribution in [0.3, 0.4) is 0 Å². The molecule has 0 unspecified atom stereocenters. The lowest BCUT2D eigenvalue weighted by Crippen LogP contribution is -2.18. The van der Waals surface area contributed by atoms with Gasteiger partial charge in [0.25, 0.3) is 5.91 Å². The second kappa shape index (κ2) is 8.54. The molecule has 0 saturated carbocycles. The van der Waals surface area contributed by atoms with E-state index in [4.69, 9.17) is 4.74 Å². The molecule has 0 saturated heterocycles. The van der Waals surface area contributed by atoms with E-state index in [1.807, 2.05) is 56.3 Å². The van der Waals surface area contributed by atoms with Gasteiger partial charge in [-0.1, -0.05) is 36.4 Å². The van der Waals surface area contributed by atoms with Crippen LogP contribution in [0.5, 0.6) is 5.75 Å². The normalized spacial score (nSPS) is 11.5. The summed E-state index contributed by atoms with van der Waals surface area (Å²) in [5, 5.41) is 4.07. The minimum absolute atomic E-state index is 0.250. The van der Waals surface area contributed by atoms with Crippen molar-refractivity contribution in [1.82, 2.24) is 5.43 Å². The van der Waals surface area contributed by atoms with Crippen LogP contribution in [0.4, 0.5) is 0 Å². The molecule has 118 valence electrons. The number of nitrogens with one attached hydrogen (secondary N) is 1. The quantitative estimate of drug-likeness (QED) is 0.650. The van der Waals surface area contributed by atoms with Crippen molar-refractivity contribution in [1.29, 1.82) is 0 Å². The van der Waals surface area contributed by atoms with E-state index in [0.29, 0.717) is 17.9 Å². The predicted molar refractivity (Wildman–Crippen MR) is 93.7 cm³/mol. The predicted octanol–water partition coefficient (Wildman–Crippen LogP) is 3.90. The molecular weight excluding hydrogens is 288 g/mol. The van der Waals surface area contributed by atoms with Crippen molar-refractivity contribution in [3.05, 3.63) is 71.8 Å². The highest BCUT2D eigenvalue weighted by Gasteiger charge is 2.04.